The molecule has 132 valence electrons. The van der Waals surface area contributed by atoms with Gasteiger partial charge < -0.3 is 19.9 Å². The molecule has 0 heterocycles. The standard InChI is InChI=1S/C16H19F2NO5/c1-23-8-3-4-13(24-2)10(5-8)9-6-11(9)15(20)19-12(16(21)22)7-14(17)18/h3-5,9,11-12,14H,6-7H2,1-2H3,(H,19,20)(H,21,22). The molecule has 0 bridgehead atoms. The van der Waals surface area contributed by atoms with E-state index in [1.54, 1.807) is 18.2 Å². The number of benzene rings is 1. The van der Waals surface area contributed by atoms with Crippen LogP contribution in [0.3, 0.4) is 0 Å². The summed E-state index contributed by atoms with van der Waals surface area (Å²) in [7, 11) is 3.02. The first kappa shape index (κ1) is 18.0. The predicted octanol–water partition coefficient (Wildman–Crippen LogP) is 2.03. The second kappa shape index (κ2) is 7.46. The van der Waals surface area contributed by atoms with Crippen LogP contribution in [-0.4, -0.2) is 43.7 Å². The Morgan fingerprint density at radius 1 is 1.33 bits per heavy atom. The Morgan fingerprint density at radius 2 is 2.04 bits per heavy atom. The molecule has 0 saturated heterocycles. The van der Waals surface area contributed by atoms with Crippen LogP contribution in [0.2, 0.25) is 0 Å². The first-order chi connectivity index (χ1) is 11.4. The molecule has 24 heavy (non-hydrogen) atoms. The van der Waals surface area contributed by atoms with Crippen LogP contribution in [0.5, 0.6) is 11.5 Å². The normalized spacial score (nSPS) is 20.4. The van der Waals surface area contributed by atoms with Crippen molar-refractivity contribution < 1.29 is 33.0 Å². The average molecular weight is 343 g/mol. The number of carbonyl (C=O) groups excluding carboxylic acids is 1. The highest BCUT2D eigenvalue weighted by Gasteiger charge is 2.46. The van der Waals surface area contributed by atoms with E-state index in [-0.39, 0.29) is 5.92 Å². The van der Waals surface area contributed by atoms with Gasteiger partial charge in [0, 0.05) is 23.8 Å². The summed E-state index contributed by atoms with van der Waals surface area (Å²) in [4.78, 5) is 23.1. The molecular formula is C16H19F2NO5. The van der Waals surface area contributed by atoms with E-state index in [2.05, 4.69) is 5.32 Å². The summed E-state index contributed by atoms with van der Waals surface area (Å²) in [6.45, 7) is 0. The van der Waals surface area contributed by atoms with E-state index >= 15 is 0 Å². The van der Waals surface area contributed by atoms with Gasteiger partial charge in [0.1, 0.15) is 17.5 Å². The summed E-state index contributed by atoms with van der Waals surface area (Å²) in [5, 5.41) is 11.1. The highest BCUT2D eigenvalue weighted by molar-refractivity contribution is 5.87. The van der Waals surface area contributed by atoms with Crippen molar-refractivity contribution in [2.75, 3.05) is 14.2 Å². The van der Waals surface area contributed by atoms with Crippen molar-refractivity contribution in [3.63, 3.8) is 0 Å². The van der Waals surface area contributed by atoms with E-state index in [0.29, 0.717) is 17.9 Å². The fourth-order valence-corrected chi connectivity index (χ4v) is 2.64. The number of carbonyl (C=O) groups is 2. The molecule has 1 aromatic rings. The van der Waals surface area contributed by atoms with Crippen molar-refractivity contribution in [1.29, 1.82) is 0 Å². The molecule has 3 atom stereocenters. The maximum absolute atomic E-state index is 12.4. The van der Waals surface area contributed by atoms with Crippen LogP contribution >= 0.6 is 0 Å². The smallest absolute Gasteiger partial charge is 0.326 e. The number of aliphatic carboxylic acids is 1. The van der Waals surface area contributed by atoms with Crippen LogP contribution in [-0.2, 0) is 9.59 Å². The Labute approximate surface area is 137 Å². The van der Waals surface area contributed by atoms with Gasteiger partial charge >= 0.3 is 5.97 Å². The first-order valence-electron chi connectivity index (χ1n) is 7.40. The summed E-state index contributed by atoms with van der Waals surface area (Å²) in [5.74, 6) is -1.43. The van der Waals surface area contributed by atoms with E-state index in [4.69, 9.17) is 14.6 Å². The Kier molecular flexibility index (Phi) is 5.58. The second-order valence-electron chi connectivity index (χ2n) is 5.58. The van der Waals surface area contributed by atoms with Crippen molar-refractivity contribution in [2.24, 2.45) is 5.92 Å². The van der Waals surface area contributed by atoms with Gasteiger partial charge in [0.05, 0.1) is 14.2 Å². The minimum Gasteiger partial charge on any atom is -0.497 e. The molecule has 1 amide bonds. The Bertz CT molecular complexity index is 622. The van der Waals surface area contributed by atoms with Crippen LogP contribution in [0, 0.1) is 5.92 Å². The van der Waals surface area contributed by atoms with Crippen molar-refractivity contribution in [2.45, 2.75) is 31.2 Å². The Morgan fingerprint density at radius 3 is 2.58 bits per heavy atom. The minimum absolute atomic E-state index is 0.156. The quantitative estimate of drug-likeness (QED) is 0.754. The Balaban J connectivity index is 2.06. The zero-order valence-corrected chi connectivity index (χ0v) is 13.3. The molecule has 2 rings (SSSR count). The number of nitrogens with one attached hydrogen (secondary N) is 1. The number of alkyl halides is 2. The molecule has 0 aromatic heterocycles. The molecule has 8 heteroatoms. The van der Waals surface area contributed by atoms with Gasteiger partial charge in [0.25, 0.3) is 0 Å². The third kappa shape index (κ3) is 4.12. The number of hydrogen-bond acceptors (Lipinski definition) is 4. The number of carboxylic acid groups (broad SMARTS) is 1. The molecule has 6 nitrogen and oxygen atoms in total. The highest BCUT2D eigenvalue weighted by atomic mass is 19.3. The SMILES string of the molecule is COc1ccc(OC)c(C2CC2C(=O)NC(CC(F)F)C(=O)O)c1. The lowest BCUT2D eigenvalue weighted by molar-refractivity contribution is -0.143. The molecule has 1 saturated carbocycles. The van der Waals surface area contributed by atoms with Gasteiger partial charge in [-0.25, -0.2) is 13.6 Å². The zero-order valence-electron chi connectivity index (χ0n) is 13.3. The number of methoxy groups -OCH3 is 2. The summed E-state index contributed by atoms with van der Waals surface area (Å²) < 4.78 is 35.2. The van der Waals surface area contributed by atoms with Crippen LogP contribution in [0.4, 0.5) is 8.78 Å². The fourth-order valence-electron chi connectivity index (χ4n) is 2.64. The molecule has 1 fully saturated rings. The predicted molar refractivity (Wildman–Crippen MR) is 80.6 cm³/mol. The van der Waals surface area contributed by atoms with E-state index < -0.39 is 36.7 Å². The van der Waals surface area contributed by atoms with Crippen LogP contribution in [0.1, 0.15) is 24.3 Å². The molecule has 0 radical (unpaired) electrons. The molecule has 0 aliphatic heterocycles. The van der Waals surface area contributed by atoms with E-state index in [0.717, 1.165) is 5.56 Å². The molecule has 1 aromatic carbocycles. The minimum atomic E-state index is -2.81. The molecule has 2 N–H and O–H groups in total. The summed E-state index contributed by atoms with van der Waals surface area (Å²) in [5.41, 5.74) is 0.776. The van der Waals surface area contributed by atoms with E-state index in [1.165, 1.54) is 14.2 Å². The number of rotatable bonds is 8. The zero-order chi connectivity index (χ0) is 17.9. The lowest BCUT2D eigenvalue weighted by Crippen LogP contribution is -2.42. The van der Waals surface area contributed by atoms with Crippen molar-refractivity contribution in [3.05, 3.63) is 23.8 Å². The third-order valence-corrected chi connectivity index (χ3v) is 3.99. The maximum atomic E-state index is 12.4. The highest BCUT2D eigenvalue weighted by Crippen LogP contribution is 2.51. The molecular weight excluding hydrogens is 324 g/mol. The van der Waals surface area contributed by atoms with E-state index in [1.807, 2.05) is 0 Å². The number of amides is 1. The summed E-state index contributed by atoms with van der Waals surface area (Å²) in [6.07, 6.45) is -3.22. The monoisotopic (exact) mass is 343 g/mol. The van der Waals surface area contributed by atoms with Gasteiger partial charge in [-0.1, -0.05) is 0 Å². The second-order valence-corrected chi connectivity index (χ2v) is 5.58. The van der Waals surface area contributed by atoms with Crippen LogP contribution in [0.15, 0.2) is 18.2 Å². The fraction of sp³-hybridized carbons (Fsp3) is 0.500. The van der Waals surface area contributed by atoms with Gasteiger partial charge in [-0.3, -0.25) is 4.79 Å². The van der Waals surface area contributed by atoms with Gasteiger partial charge in [-0.05, 0) is 24.6 Å². The number of halogens is 2. The molecule has 0 spiro atoms. The topological polar surface area (TPSA) is 84.9 Å². The van der Waals surface area contributed by atoms with Crippen molar-refractivity contribution >= 4 is 11.9 Å². The molecule has 1 aliphatic rings. The first-order valence-corrected chi connectivity index (χ1v) is 7.40. The van der Waals surface area contributed by atoms with Gasteiger partial charge in [0.15, 0.2) is 0 Å². The van der Waals surface area contributed by atoms with Crippen molar-refractivity contribution in [3.8, 4) is 11.5 Å². The number of ether oxygens (including phenoxy) is 2. The van der Waals surface area contributed by atoms with E-state index in [9.17, 15) is 18.4 Å². The van der Waals surface area contributed by atoms with Gasteiger partial charge in [-0.2, -0.15) is 0 Å². The molecule has 1 aliphatic carbocycles. The third-order valence-electron chi connectivity index (χ3n) is 3.99. The van der Waals surface area contributed by atoms with Gasteiger partial charge in [0.2, 0.25) is 12.3 Å². The van der Waals surface area contributed by atoms with Crippen molar-refractivity contribution in [1.82, 2.24) is 5.32 Å². The van der Waals surface area contributed by atoms with Gasteiger partial charge in [-0.15, -0.1) is 0 Å². The van der Waals surface area contributed by atoms with Crippen LogP contribution in [0.25, 0.3) is 0 Å². The number of carboxylic acids is 1. The Hall–Kier alpha value is -2.38. The summed E-state index contributed by atoms with van der Waals surface area (Å²) in [6, 6.07) is 3.61. The summed E-state index contributed by atoms with van der Waals surface area (Å²) >= 11 is 0. The largest absolute Gasteiger partial charge is 0.497 e. The number of hydrogen-bond donors (Lipinski definition) is 2. The lowest BCUT2D eigenvalue weighted by atomic mass is 10.1. The van der Waals surface area contributed by atoms with Crippen LogP contribution < -0.4 is 14.8 Å². The lowest BCUT2D eigenvalue weighted by Gasteiger charge is -2.14. The maximum Gasteiger partial charge on any atom is 0.326 e. The molecule has 3 unspecified atom stereocenters. The average Bonchev–Trinajstić information content (AvgIpc) is 3.33.